The Morgan fingerprint density at radius 1 is 0.357 bits per heavy atom. The maximum atomic E-state index is 5.23. The smallest absolute Gasteiger partial charge is 0.0722 e. The zero-order valence-corrected chi connectivity index (χ0v) is 22.9. The number of hydrogen-bond acceptors (Lipinski definition) is 2. The highest BCUT2D eigenvalue weighted by molar-refractivity contribution is 6.04. The summed E-state index contributed by atoms with van der Waals surface area (Å²) in [6, 6.07) is 53.8. The van der Waals surface area contributed by atoms with Crippen LogP contribution in [0, 0.1) is 0 Å². The van der Waals surface area contributed by atoms with Gasteiger partial charge in [-0.05, 0) is 74.1 Å². The van der Waals surface area contributed by atoms with Gasteiger partial charge in [-0.1, -0.05) is 121 Å². The fourth-order valence-electron chi connectivity index (χ4n) is 6.05. The highest BCUT2D eigenvalue weighted by Gasteiger charge is 2.14. The molecular weight excluding hydrogens is 508 g/mol. The molecule has 0 saturated heterocycles. The molecule has 196 valence electrons. The molecule has 2 heterocycles. The van der Waals surface area contributed by atoms with Gasteiger partial charge in [0.25, 0.3) is 0 Å². The Kier molecular flexibility index (Phi) is 5.82. The first-order valence-electron chi connectivity index (χ1n) is 14.2. The van der Waals surface area contributed by atoms with E-state index in [2.05, 4.69) is 138 Å². The van der Waals surface area contributed by atoms with E-state index in [1.807, 2.05) is 24.4 Å². The molecule has 0 spiro atoms. The van der Waals surface area contributed by atoms with Gasteiger partial charge in [0.2, 0.25) is 0 Å². The number of hydrogen-bond donors (Lipinski definition) is 0. The Balaban J connectivity index is 1.36. The zero-order valence-electron chi connectivity index (χ0n) is 22.9. The lowest BCUT2D eigenvalue weighted by atomic mass is 9.92. The lowest BCUT2D eigenvalue weighted by Crippen LogP contribution is -1.92. The van der Waals surface area contributed by atoms with Crippen molar-refractivity contribution in [3.8, 4) is 44.8 Å². The zero-order chi connectivity index (χ0) is 27.9. The predicted octanol–water partition coefficient (Wildman–Crippen LogP) is 10.6. The second-order valence-corrected chi connectivity index (χ2v) is 10.6. The summed E-state index contributed by atoms with van der Waals surface area (Å²) < 4.78 is 0. The number of fused-ring (bicyclic) bond motifs is 3. The Labute approximate surface area is 244 Å². The third-order valence-corrected chi connectivity index (χ3v) is 8.13. The molecule has 6 aromatic carbocycles. The first-order valence-corrected chi connectivity index (χ1v) is 14.2. The molecule has 0 N–H and O–H groups in total. The third kappa shape index (κ3) is 4.22. The van der Waals surface area contributed by atoms with Crippen molar-refractivity contribution in [3.63, 3.8) is 0 Å². The van der Waals surface area contributed by atoms with Crippen LogP contribution >= 0.6 is 0 Å². The van der Waals surface area contributed by atoms with Crippen molar-refractivity contribution in [2.24, 2.45) is 0 Å². The third-order valence-electron chi connectivity index (χ3n) is 8.13. The highest BCUT2D eigenvalue weighted by Crippen LogP contribution is 2.38. The summed E-state index contributed by atoms with van der Waals surface area (Å²) in [6.07, 6.45) is 1.84. The van der Waals surface area contributed by atoms with Crippen LogP contribution in [0.15, 0.2) is 158 Å². The molecule has 0 fully saturated rings. The van der Waals surface area contributed by atoms with Crippen LogP contribution in [0.4, 0.5) is 0 Å². The summed E-state index contributed by atoms with van der Waals surface area (Å²) in [5, 5.41) is 6.04. The van der Waals surface area contributed by atoms with Crippen LogP contribution in [-0.2, 0) is 0 Å². The summed E-state index contributed by atoms with van der Waals surface area (Å²) in [6.45, 7) is 0. The molecule has 42 heavy (non-hydrogen) atoms. The average Bonchev–Trinajstić information content (AvgIpc) is 3.07. The van der Waals surface area contributed by atoms with E-state index in [1.165, 1.54) is 32.7 Å². The highest BCUT2D eigenvalue weighted by atomic mass is 14.7. The van der Waals surface area contributed by atoms with Crippen molar-refractivity contribution >= 4 is 32.4 Å². The van der Waals surface area contributed by atoms with E-state index in [0.717, 1.165) is 44.5 Å². The van der Waals surface area contributed by atoms with E-state index in [1.54, 1.807) is 0 Å². The molecular formula is C40H26N2. The average molecular weight is 535 g/mol. The van der Waals surface area contributed by atoms with Gasteiger partial charge in [0.05, 0.1) is 16.9 Å². The maximum Gasteiger partial charge on any atom is 0.0722 e. The largest absolute Gasteiger partial charge is 0.256 e. The van der Waals surface area contributed by atoms with Gasteiger partial charge in [0, 0.05) is 22.7 Å². The molecule has 0 amide bonds. The van der Waals surface area contributed by atoms with Gasteiger partial charge in [0.15, 0.2) is 0 Å². The van der Waals surface area contributed by atoms with Gasteiger partial charge >= 0.3 is 0 Å². The molecule has 8 aromatic rings. The molecule has 0 aliphatic carbocycles. The Hall–Kier alpha value is -5.60. The lowest BCUT2D eigenvalue weighted by Gasteiger charge is -2.14. The van der Waals surface area contributed by atoms with E-state index in [9.17, 15) is 0 Å². The van der Waals surface area contributed by atoms with Crippen molar-refractivity contribution in [2.75, 3.05) is 0 Å². The molecule has 2 heteroatoms. The molecule has 0 bridgehead atoms. The Bertz CT molecular complexity index is 2220. The predicted molar refractivity (Wildman–Crippen MR) is 176 cm³/mol. The quantitative estimate of drug-likeness (QED) is 0.224. The summed E-state index contributed by atoms with van der Waals surface area (Å²) in [4.78, 5) is 9.78. The van der Waals surface area contributed by atoms with E-state index in [4.69, 9.17) is 4.98 Å². The minimum atomic E-state index is 0.971. The first kappa shape index (κ1) is 24.2. The molecule has 0 radical (unpaired) electrons. The summed E-state index contributed by atoms with van der Waals surface area (Å²) in [5.41, 5.74) is 9.89. The van der Waals surface area contributed by atoms with Crippen molar-refractivity contribution < 1.29 is 0 Å². The van der Waals surface area contributed by atoms with Crippen molar-refractivity contribution in [1.29, 1.82) is 0 Å². The van der Waals surface area contributed by atoms with Crippen LogP contribution in [0.3, 0.4) is 0 Å². The van der Waals surface area contributed by atoms with Crippen molar-refractivity contribution in [1.82, 2.24) is 9.97 Å². The van der Waals surface area contributed by atoms with Gasteiger partial charge in [0.1, 0.15) is 0 Å². The number of aromatic nitrogens is 2. The topological polar surface area (TPSA) is 25.8 Å². The molecule has 0 aliphatic heterocycles. The molecule has 2 aromatic heterocycles. The van der Waals surface area contributed by atoms with E-state index < -0.39 is 0 Å². The number of pyridine rings is 2. The molecule has 0 aliphatic rings. The monoisotopic (exact) mass is 534 g/mol. The maximum absolute atomic E-state index is 5.23. The van der Waals surface area contributed by atoms with Gasteiger partial charge in [-0.25, -0.2) is 4.98 Å². The van der Waals surface area contributed by atoms with E-state index >= 15 is 0 Å². The van der Waals surface area contributed by atoms with Crippen molar-refractivity contribution in [2.45, 2.75) is 0 Å². The van der Waals surface area contributed by atoms with Crippen LogP contribution in [0.5, 0.6) is 0 Å². The van der Waals surface area contributed by atoms with E-state index in [0.29, 0.717) is 0 Å². The van der Waals surface area contributed by atoms with Crippen LogP contribution < -0.4 is 0 Å². The minimum Gasteiger partial charge on any atom is -0.256 e. The van der Waals surface area contributed by atoms with Gasteiger partial charge in [-0.2, -0.15) is 0 Å². The van der Waals surface area contributed by atoms with Crippen LogP contribution in [-0.4, -0.2) is 9.97 Å². The van der Waals surface area contributed by atoms with Crippen LogP contribution in [0.2, 0.25) is 0 Å². The molecule has 8 rings (SSSR count). The molecule has 0 saturated carbocycles. The van der Waals surface area contributed by atoms with Gasteiger partial charge < -0.3 is 0 Å². The Morgan fingerprint density at radius 2 is 0.976 bits per heavy atom. The van der Waals surface area contributed by atoms with Crippen molar-refractivity contribution in [3.05, 3.63) is 158 Å². The lowest BCUT2D eigenvalue weighted by molar-refractivity contribution is 1.33. The summed E-state index contributed by atoms with van der Waals surface area (Å²) in [7, 11) is 0. The molecule has 0 unspecified atom stereocenters. The Morgan fingerprint density at radius 3 is 1.71 bits per heavy atom. The normalized spacial score (nSPS) is 11.3. The SMILES string of the molecule is c1ccc(-c2ccc(-c3cc(-c4cccc5ccccc45)nc4ccc(-c5cccc6ccccc56)cc34)cc2)nc1. The number of benzene rings is 6. The minimum absolute atomic E-state index is 0.971. The standard InChI is InChI=1S/C40H26N2/c1-3-13-32-27(9-1)11-7-15-34(32)31-22-23-39-37(25-31)36(29-18-20-30(21-19-29)38-17-5-6-24-41-38)26-40(42-39)35-16-8-12-28-10-2-4-14-33(28)35/h1-26H. The fourth-order valence-corrected chi connectivity index (χ4v) is 6.05. The van der Waals surface area contributed by atoms with Gasteiger partial charge in [-0.3, -0.25) is 4.98 Å². The first-order chi connectivity index (χ1) is 20.8. The van der Waals surface area contributed by atoms with Crippen LogP contribution in [0.25, 0.3) is 77.2 Å². The molecule has 0 atom stereocenters. The summed E-state index contributed by atoms with van der Waals surface area (Å²) >= 11 is 0. The fraction of sp³-hybridized carbons (Fsp3) is 0. The second-order valence-electron chi connectivity index (χ2n) is 10.6. The van der Waals surface area contributed by atoms with Gasteiger partial charge in [-0.15, -0.1) is 0 Å². The number of rotatable bonds is 4. The van der Waals surface area contributed by atoms with Crippen LogP contribution in [0.1, 0.15) is 0 Å². The summed E-state index contributed by atoms with van der Waals surface area (Å²) in [5.74, 6) is 0. The van der Waals surface area contributed by atoms with E-state index in [-0.39, 0.29) is 0 Å². The number of nitrogens with zero attached hydrogens (tertiary/aromatic N) is 2. The second kappa shape index (κ2) is 10.1. The molecule has 2 nitrogen and oxygen atoms in total.